The Bertz CT molecular complexity index is 754. The van der Waals surface area contributed by atoms with Crippen LogP contribution in [-0.2, 0) is 4.79 Å². The molecule has 0 heterocycles. The van der Waals surface area contributed by atoms with Crippen molar-refractivity contribution < 1.29 is 14.5 Å². The fourth-order valence-electron chi connectivity index (χ4n) is 1.77. The predicted molar refractivity (Wildman–Crippen MR) is 91.0 cm³/mol. The van der Waals surface area contributed by atoms with Crippen molar-refractivity contribution in [3.8, 4) is 5.75 Å². The molecule has 0 radical (unpaired) electrons. The molecule has 23 heavy (non-hydrogen) atoms. The van der Waals surface area contributed by atoms with E-state index in [1.54, 1.807) is 25.1 Å². The number of anilines is 1. The fourth-order valence-corrected chi connectivity index (χ4v) is 2.34. The summed E-state index contributed by atoms with van der Waals surface area (Å²) in [6.07, 6.45) is -0.779. The first kappa shape index (κ1) is 17.2. The molecule has 0 unspecified atom stereocenters. The lowest BCUT2D eigenvalue weighted by Gasteiger charge is -2.15. The summed E-state index contributed by atoms with van der Waals surface area (Å²) in [7, 11) is 0. The van der Waals surface area contributed by atoms with Gasteiger partial charge in [-0.25, -0.2) is 0 Å². The van der Waals surface area contributed by atoms with Crippen LogP contribution in [0.2, 0.25) is 5.02 Å². The normalized spacial score (nSPS) is 11.6. The smallest absolute Gasteiger partial charge is 0.289 e. The molecule has 6 nitrogen and oxygen atoms in total. The third-order valence-corrected chi connectivity index (χ3v) is 3.70. The minimum absolute atomic E-state index is 0.00596. The van der Waals surface area contributed by atoms with Crippen LogP contribution in [0.3, 0.4) is 0 Å². The summed E-state index contributed by atoms with van der Waals surface area (Å²) in [5, 5.41) is 13.4. The van der Waals surface area contributed by atoms with E-state index in [9.17, 15) is 14.9 Å². The van der Waals surface area contributed by atoms with E-state index in [0.717, 1.165) is 4.47 Å². The van der Waals surface area contributed by atoms with Crippen molar-refractivity contribution in [1.82, 2.24) is 0 Å². The number of hydrogen-bond donors (Lipinski definition) is 1. The molecule has 0 aliphatic rings. The van der Waals surface area contributed by atoms with Gasteiger partial charge in [0.25, 0.3) is 11.6 Å². The lowest BCUT2D eigenvalue weighted by molar-refractivity contribution is -0.384. The third-order valence-electron chi connectivity index (χ3n) is 2.89. The van der Waals surface area contributed by atoms with Crippen molar-refractivity contribution in [3.05, 3.63) is 62.1 Å². The molecule has 0 aliphatic heterocycles. The van der Waals surface area contributed by atoms with Crippen LogP contribution in [0.5, 0.6) is 5.75 Å². The van der Waals surface area contributed by atoms with Crippen molar-refractivity contribution in [3.63, 3.8) is 0 Å². The van der Waals surface area contributed by atoms with Gasteiger partial charge in [-0.15, -0.1) is 0 Å². The molecule has 1 N–H and O–H groups in total. The van der Waals surface area contributed by atoms with Crippen LogP contribution in [0.25, 0.3) is 0 Å². The highest BCUT2D eigenvalue weighted by Crippen LogP contribution is 2.27. The van der Waals surface area contributed by atoms with Crippen molar-refractivity contribution in [2.24, 2.45) is 0 Å². The van der Waals surface area contributed by atoms with E-state index >= 15 is 0 Å². The van der Waals surface area contributed by atoms with E-state index in [4.69, 9.17) is 16.3 Å². The van der Waals surface area contributed by atoms with Crippen LogP contribution in [0.15, 0.2) is 46.9 Å². The molecule has 1 amide bonds. The van der Waals surface area contributed by atoms with Gasteiger partial charge in [-0.05, 0) is 37.3 Å². The lowest BCUT2D eigenvalue weighted by Crippen LogP contribution is -2.30. The third kappa shape index (κ3) is 4.67. The van der Waals surface area contributed by atoms with Gasteiger partial charge in [0.05, 0.1) is 4.92 Å². The first-order valence-electron chi connectivity index (χ1n) is 6.54. The molecular formula is C15H12BrClN2O4. The summed E-state index contributed by atoms with van der Waals surface area (Å²) in [6.45, 7) is 1.58. The summed E-state index contributed by atoms with van der Waals surface area (Å²) in [6, 6.07) is 11.1. The second-order valence-electron chi connectivity index (χ2n) is 4.63. The highest BCUT2D eigenvalue weighted by Gasteiger charge is 2.18. The first-order chi connectivity index (χ1) is 10.9. The number of carbonyl (C=O) groups is 1. The molecule has 2 aromatic rings. The molecule has 2 aromatic carbocycles. The second kappa shape index (κ2) is 7.43. The second-order valence-corrected chi connectivity index (χ2v) is 5.95. The van der Waals surface area contributed by atoms with Gasteiger partial charge in [0.2, 0.25) is 0 Å². The lowest BCUT2D eigenvalue weighted by atomic mass is 10.2. The SMILES string of the molecule is C[C@@H](Oc1cccc(Br)c1)C(=O)Nc1ccc(Cl)c([N+](=O)[O-])c1. The Labute approximate surface area is 145 Å². The van der Waals surface area contributed by atoms with Crippen LogP contribution >= 0.6 is 27.5 Å². The number of halogens is 2. The van der Waals surface area contributed by atoms with Gasteiger partial charge in [0, 0.05) is 16.2 Å². The average molecular weight is 400 g/mol. The average Bonchev–Trinajstić information content (AvgIpc) is 2.48. The van der Waals surface area contributed by atoms with Crippen molar-refractivity contribution in [2.75, 3.05) is 5.32 Å². The molecule has 1 atom stereocenters. The molecule has 120 valence electrons. The number of nitro groups is 1. The Hall–Kier alpha value is -2.12. The van der Waals surface area contributed by atoms with E-state index in [1.807, 2.05) is 6.07 Å². The largest absolute Gasteiger partial charge is 0.481 e. The maximum absolute atomic E-state index is 12.1. The zero-order valence-corrected chi connectivity index (χ0v) is 14.3. The fraction of sp³-hybridized carbons (Fsp3) is 0.133. The number of carbonyl (C=O) groups excluding carboxylic acids is 1. The van der Waals surface area contributed by atoms with E-state index in [0.29, 0.717) is 5.75 Å². The van der Waals surface area contributed by atoms with Gasteiger partial charge in [-0.3, -0.25) is 14.9 Å². The Balaban J connectivity index is 2.06. The molecule has 2 rings (SSSR count). The molecule has 0 bridgehead atoms. The summed E-state index contributed by atoms with van der Waals surface area (Å²) in [4.78, 5) is 22.4. The molecular weight excluding hydrogens is 388 g/mol. The van der Waals surface area contributed by atoms with Gasteiger partial charge < -0.3 is 10.1 Å². The molecule has 0 aliphatic carbocycles. The van der Waals surface area contributed by atoms with Crippen LogP contribution in [0, 0.1) is 10.1 Å². The standard InChI is InChI=1S/C15H12BrClN2O4/c1-9(23-12-4-2-3-10(16)7-12)15(20)18-11-5-6-13(17)14(8-11)19(21)22/h2-9H,1H3,(H,18,20)/t9-/m1/s1. The molecule has 0 saturated carbocycles. The Morgan fingerprint density at radius 2 is 2.09 bits per heavy atom. The van der Waals surface area contributed by atoms with Crippen molar-refractivity contribution >= 4 is 44.8 Å². The summed E-state index contributed by atoms with van der Waals surface area (Å²) in [5.74, 6) is 0.103. The minimum atomic E-state index is -0.779. The van der Waals surface area contributed by atoms with Gasteiger partial charge in [0.1, 0.15) is 10.8 Å². The van der Waals surface area contributed by atoms with Gasteiger partial charge in [-0.2, -0.15) is 0 Å². The number of amides is 1. The number of nitro benzene ring substituents is 1. The van der Waals surface area contributed by atoms with E-state index in [1.165, 1.54) is 18.2 Å². The maximum Gasteiger partial charge on any atom is 0.289 e. The highest BCUT2D eigenvalue weighted by atomic mass is 79.9. The molecule has 0 saturated heterocycles. The van der Waals surface area contributed by atoms with Gasteiger partial charge in [-0.1, -0.05) is 33.6 Å². The first-order valence-corrected chi connectivity index (χ1v) is 7.71. The predicted octanol–water partition coefficient (Wildman–Crippen LogP) is 4.42. The number of nitrogens with one attached hydrogen (secondary N) is 1. The zero-order valence-electron chi connectivity index (χ0n) is 12.0. The van der Waals surface area contributed by atoms with Crippen molar-refractivity contribution in [2.45, 2.75) is 13.0 Å². The zero-order chi connectivity index (χ0) is 17.0. The van der Waals surface area contributed by atoms with Crippen LogP contribution in [0.4, 0.5) is 11.4 Å². The van der Waals surface area contributed by atoms with Crippen LogP contribution in [0.1, 0.15) is 6.92 Å². The summed E-state index contributed by atoms with van der Waals surface area (Å²) >= 11 is 9.04. The van der Waals surface area contributed by atoms with Crippen molar-refractivity contribution in [1.29, 1.82) is 0 Å². The summed E-state index contributed by atoms with van der Waals surface area (Å²) in [5.41, 5.74) is 0.000760. The van der Waals surface area contributed by atoms with Crippen LogP contribution < -0.4 is 10.1 Å². The van der Waals surface area contributed by atoms with E-state index in [-0.39, 0.29) is 16.4 Å². The van der Waals surface area contributed by atoms with E-state index < -0.39 is 16.9 Å². The number of hydrogen-bond acceptors (Lipinski definition) is 4. The van der Waals surface area contributed by atoms with Crippen LogP contribution in [-0.4, -0.2) is 16.9 Å². The summed E-state index contributed by atoms with van der Waals surface area (Å²) < 4.78 is 6.36. The highest BCUT2D eigenvalue weighted by molar-refractivity contribution is 9.10. The topological polar surface area (TPSA) is 81.5 Å². The quantitative estimate of drug-likeness (QED) is 0.596. The number of ether oxygens (including phenoxy) is 1. The maximum atomic E-state index is 12.1. The minimum Gasteiger partial charge on any atom is -0.481 e. The van der Waals surface area contributed by atoms with Gasteiger partial charge in [0.15, 0.2) is 6.10 Å². The Morgan fingerprint density at radius 1 is 1.35 bits per heavy atom. The molecule has 8 heteroatoms. The Kier molecular flexibility index (Phi) is 5.57. The number of benzene rings is 2. The number of rotatable bonds is 5. The molecule has 0 spiro atoms. The van der Waals surface area contributed by atoms with Gasteiger partial charge >= 0.3 is 0 Å². The van der Waals surface area contributed by atoms with E-state index in [2.05, 4.69) is 21.2 Å². The molecule has 0 fully saturated rings. The molecule has 0 aromatic heterocycles. The monoisotopic (exact) mass is 398 g/mol. The number of nitrogens with zero attached hydrogens (tertiary/aromatic N) is 1. The Morgan fingerprint density at radius 3 is 2.74 bits per heavy atom.